The average Bonchev–Trinajstić information content (AvgIpc) is 3.01. The van der Waals surface area contributed by atoms with Gasteiger partial charge in [-0.15, -0.1) is 0 Å². The minimum absolute atomic E-state index is 0.560. The lowest BCUT2D eigenvalue weighted by molar-refractivity contribution is -0.0120. The van der Waals surface area contributed by atoms with Crippen LogP contribution in [0.3, 0.4) is 0 Å². The van der Waals surface area contributed by atoms with Crippen molar-refractivity contribution in [1.29, 1.82) is 0 Å². The molecule has 0 N–H and O–H groups in total. The van der Waals surface area contributed by atoms with Gasteiger partial charge in [0, 0.05) is 12.4 Å². The number of aromatic nitrogens is 2. The minimum atomic E-state index is -0.586. The fourth-order valence-corrected chi connectivity index (χ4v) is 5.57. The number of hydrogen-bond acceptors (Lipinski definition) is 4. The summed E-state index contributed by atoms with van der Waals surface area (Å²) in [5, 5.41) is 0. The van der Waals surface area contributed by atoms with Crippen molar-refractivity contribution in [3.05, 3.63) is 90.5 Å². The van der Waals surface area contributed by atoms with Gasteiger partial charge in [0.25, 0.3) is 0 Å². The van der Waals surface area contributed by atoms with E-state index in [2.05, 4.69) is 76.2 Å². The maximum atomic E-state index is 7.10. The zero-order valence-corrected chi connectivity index (χ0v) is 26.2. The first-order chi connectivity index (χ1) is 20.0. The molecule has 1 aromatic carbocycles. The van der Waals surface area contributed by atoms with Gasteiger partial charge in [0.05, 0.1) is 22.6 Å². The molecule has 5 heteroatoms. The fraction of sp³-hybridized carbons (Fsp3) is 0.556. The van der Waals surface area contributed by atoms with Crippen LogP contribution in [0.4, 0.5) is 0 Å². The number of nitrogens with zero attached hydrogens (tertiary/aromatic N) is 2. The highest BCUT2D eigenvalue weighted by Gasteiger charge is 2.41. The van der Waals surface area contributed by atoms with Crippen LogP contribution in [0.1, 0.15) is 129 Å². The molecule has 0 aliphatic rings. The molecule has 0 spiro atoms. The molecule has 0 aliphatic carbocycles. The van der Waals surface area contributed by atoms with Crippen LogP contribution in [0.25, 0.3) is 0 Å². The lowest BCUT2D eigenvalue weighted by Gasteiger charge is -2.38. The Morgan fingerprint density at radius 3 is 1.37 bits per heavy atom. The summed E-state index contributed by atoms with van der Waals surface area (Å²) in [4.78, 5) is 9.55. The fourth-order valence-electron chi connectivity index (χ4n) is 5.57. The Morgan fingerprint density at radius 1 is 0.537 bits per heavy atom. The van der Waals surface area contributed by atoms with Gasteiger partial charge in [0.1, 0.15) is 0 Å². The molecular weight excluding hydrogens is 503 g/mol. The first-order valence-electron chi connectivity index (χ1n) is 16.2. The van der Waals surface area contributed by atoms with E-state index in [9.17, 15) is 0 Å². The van der Waals surface area contributed by atoms with E-state index in [1.807, 2.05) is 30.6 Å². The first kappa shape index (κ1) is 33.0. The first-order valence-corrected chi connectivity index (χ1v) is 16.2. The highest BCUT2D eigenvalue weighted by Crippen LogP contribution is 2.35. The van der Waals surface area contributed by atoms with Gasteiger partial charge < -0.3 is 9.31 Å². The molecule has 0 radical (unpaired) electrons. The molecule has 41 heavy (non-hydrogen) atoms. The number of benzene rings is 1. The second kappa shape index (κ2) is 18.1. The van der Waals surface area contributed by atoms with Crippen molar-refractivity contribution in [3.8, 4) is 0 Å². The Kier molecular flexibility index (Phi) is 14.6. The second-order valence-electron chi connectivity index (χ2n) is 11.9. The average molecular weight is 557 g/mol. The highest BCUT2D eigenvalue weighted by atomic mass is 16.6. The summed E-state index contributed by atoms with van der Waals surface area (Å²) in [6, 6.07) is 22.6. The molecule has 0 fully saturated rings. The number of unbranched alkanes of at least 4 members (excludes halogenated alkanes) is 10. The Balaban J connectivity index is 1.87. The summed E-state index contributed by atoms with van der Waals surface area (Å²) in [6.45, 7) is 8.90. The summed E-state index contributed by atoms with van der Waals surface area (Å²) in [6.07, 6.45) is 20.4. The normalized spacial score (nSPS) is 14.3. The largest absolute Gasteiger partial charge is 0.495 e. The molecule has 4 nitrogen and oxygen atoms in total. The summed E-state index contributed by atoms with van der Waals surface area (Å²) < 4.78 is 14.2. The summed E-state index contributed by atoms with van der Waals surface area (Å²) in [5.74, 6) is 0. The van der Waals surface area contributed by atoms with Crippen molar-refractivity contribution in [3.63, 3.8) is 0 Å². The third-order valence-corrected chi connectivity index (χ3v) is 8.23. The van der Waals surface area contributed by atoms with Crippen LogP contribution in [0, 0.1) is 0 Å². The van der Waals surface area contributed by atoms with E-state index < -0.39 is 18.3 Å². The Bertz CT molecular complexity index is 1000. The standard InChI is InChI=1S/C36H53BN2O2/c1-5-7-9-11-13-20-28-35(3,33-26-18-22-30-38-33)40-37(32-24-16-15-17-25-32)41-36(4,34-27-19-23-31-39-34)29-21-14-12-10-8-6-2/h15-19,22-27,30-31H,5-14,20-21,28-29H2,1-4H3. The molecule has 2 unspecified atom stereocenters. The Labute approximate surface area is 250 Å². The maximum absolute atomic E-state index is 7.10. The number of pyridine rings is 2. The molecule has 0 saturated carbocycles. The van der Waals surface area contributed by atoms with Crippen LogP contribution >= 0.6 is 0 Å². The SMILES string of the molecule is CCCCCCCCC(C)(OB(OC(C)(CCCCCCCC)c1ccccn1)c1ccccc1)c1ccccn1. The van der Waals surface area contributed by atoms with Crippen LogP contribution in [0.15, 0.2) is 79.1 Å². The predicted octanol–water partition coefficient (Wildman–Crippen LogP) is 9.54. The van der Waals surface area contributed by atoms with Crippen molar-refractivity contribution in [1.82, 2.24) is 9.97 Å². The molecular formula is C36H53BN2O2. The van der Waals surface area contributed by atoms with E-state index >= 15 is 0 Å². The number of hydrogen-bond donors (Lipinski definition) is 0. The molecule has 0 aliphatic heterocycles. The highest BCUT2D eigenvalue weighted by molar-refractivity contribution is 6.61. The minimum Gasteiger partial charge on any atom is -0.396 e. The van der Waals surface area contributed by atoms with Crippen LogP contribution in [-0.4, -0.2) is 17.1 Å². The van der Waals surface area contributed by atoms with Gasteiger partial charge in [0.2, 0.25) is 0 Å². The number of rotatable bonds is 21. The van der Waals surface area contributed by atoms with Crippen LogP contribution in [0.5, 0.6) is 0 Å². The lowest BCUT2D eigenvalue weighted by Crippen LogP contribution is -2.48. The van der Waals surface area contributed by atoms with Crippen molar-refractivity contribution in [2.45, 2.75) is 129 Å². The second-order valence-corrected chi connectivity index (χ2v) is 11.9. The molecule has 2 aromatic heterocycles. The summed E-state index contributed by atoms with van der Waals surface area (Å²) in [5.41, 5.74) is 1.75. The van der Waals surface area contributed by atoms with Gasteiger partial charge >= 0.3 is 7.12 Å². The summed E-state index contributed by atoms with van der Waals surface area (Å²) >= 11 is 0. The van der Waals surface area contributed by atoms with E-state index in [1.165, 1.54) is 64.2 Å². The van der Waals surface area contributed by atoms with Crippen molar-refractivity contribution in [2.75, 3.05) is 0 Å². The molecule has 0 bridgehead atoms. The Morgan fingerprint density at radius 2 is 0.951 bits per heavy atom. The third kappa shape index (κ3) is 11.0. The Hall–Kier alpha value is -2.50. The monoisotopic (exact) mass is 556 g/mol. The molecule has 3 aromatic rings. The van der Waals surface area contributed by atoms with E-state index in [0.717, 1.165) is 42.5 Å². The van der Waals surface area contributed by atoms with Crippen molar-refractivity contribution < 1.29 is 9.31 Å². The van der Waals surface area contributed by atoms with E-state index in [1.54, 1.807) is 0 Å². The molecule has 0 amide bonds. The zero-order valence-electron chi connectivity index (χ0n) is 26.2. The van der Waals surface area contributed by atoms with Crippen LogP contribution in [-0.2, 0) is 20.5 Å². The predicted molar refractivity (Wildman–Crippen MR) is 173 cm³/mol. The van der Waals surface area contributed by atoms with Crippen molar-refractivity contribution >= 4 is 12.6 Å². The molecule has 222 valence electrons. The molecule has 2 heterocycles. The summed E-state index contributed by atoms with van der Waals surface area (Å²) in [7, 11) is -0.560. The van der Waals surface area contributed by atoms with Gasteiger partial charge in [-0.1, -0.05) is 133 Å². The molecule has 3 rings (SSSR count). The van der Waals surface area contributed by atoms with Gasteiger partial charge in [-0.05, 0) is 56.4 Å². The van der Waals surface area contributed by atoms with Crippen LogP contribution in [0.2, 0.25) is 0 Å². The van der Waals surface area contributed by atoms with E-state index in [4.69, 9.17) is 19.3 Å². The molecule has 0 saturated heterocycles. The van der Waals surface area contributed by atoms with Gasteiger partial charge in [-0.3, -0.25) is 9.97 Å². The maximum Gasteiger partial charge on any atom is 0.495 e. The topological polar surface area (TPSA) is 44.2 Å². The quantitative estimate of drug-likeness (QED) is 0.0968. The van der Waals surface area contributed by atoms with E-state index in [0.29, 0.717) is 0 Å². The van der Waals surface area contributed by atoms with E-state index in [-0.39, 0.29) is 0 Å². The smallest absolute Gasteiger partial charge is 0.396 e. The van der Waals surface area contributed by atoms with Gasteiger partial charge in [-0.25, -0.2) is 0 Å². The van der Waals surface area contributed by atoms with Crippen LogP contribution < -0.4 is 5.46 Å². The van der Waals surface area contributed by atoms with Crippen molar-refractivity contribution in [2.24, 2.45) is 0 Å². The lowest BCUT2D eigenvalue weighted by atomic mass is 9.75. The zero-order chi connectivity index (χ0) is 29.2. The van der Waals surface area contributed by atoms with Gasteiger partial charge in [0.15, 0.2) is 0 Å². The third-order valence-electron chi connectivity index (χ3n) is 8.23. The molecule has 2 atom stereocenters. The van der Waals surface area contributed by atoms with Gasteiger partial charge in [-0.2, -0.15) is 0 Å².